The fraction of sp³-hybridized carbons (Fsp3) is 0.192. The fourth-order valence-corrected chi connectivity index (χ4v) is 3.75. The SMILES string of the molecule is COc1ccc(C(=O)Nc2ccc3c(c2)nc(CCNC(=O)c2cccc(F)c2)n3C)cc1OC. The van der Waals surface area contributed by atoms with E-state index in [0.29, 0.717) is 41.2 Å². The summed E-state index contributed by atoms with van der Waals surface area (Å²) >= 11 is 0. The molecule has 0 unspecified atom stereocenters. The van der Waals surface area contributed by atoms with Gasteiger partial charge in [0, 0.05) is 36.8 Å². The van der Waals surface area contributed by atoms with Gasteiger partial charge in [-0.2, -0.15) is 0 Å². The topological polar surface area (TPSA) is 94.5 Å². The van der Waals surface area contributed by atoms with E-state index in [1.807, 2.05) is 17.7 Å². The summed E-state index contributed by atoms with van der Waals surface area (Å²) in [5.41, 5.74) is 2.90. The lowest BCUT2D eigenvalue weighted by Crippen LogP contribution is -2.26. The average Bonchev–Trinajstić information content (AvgIpc) is 3.17. The Morgan fingerprint density at radius 1 is 0.943 bits per heavy atom. The van der Waals surface area contributed by atoms with Crippen molar-refractivity contribution in [2.75, 3.05) is 26.1 Å². The van der Waals surface area contributed by atoms with Crippen LogP contribution in [0.4, 0.5) is 10.1 Å². The standard InChI is InChI=1S/C26H25FN4O4/c1-31-21-9-8-19(29-26(33)17-7-10-22(34-2)23(14-17)35-3)15-20(21)30-24(31)11-12-28-25(32)16-5-4-6-18(27)13-16/h4-10,13-15H,11-12H2,1-3H3,(H,28,32)(H,29,33). The molecule has 0 fully saturated rings. The van der Waals surface area contributed by atoms with E-state index in [4.69, 9.17) is 9.47 Å². The summed E-state index contributed by atoms with van der Waals surface area (Å²) in [4.78, 5) is 29.6. The Labute approximate surface area is 201 Å². The van der Waals surface area contributed by atoms with Gasteiger partial charge in [0.15, 0.2) is 11.5 Å². The predicted octanol–water partition coefficient (Wildman–Crippen LogP) is 3.95. The number of rotatable bonds is 8. The number of carbonyl (C=O) groups is 2. The smallest absolute Gasteiger partial charge is 0.255 e. The molecule has 0 radical (unpaired) electrons. The van der Waals surface area contributed by atoms with Crippen LogP contribution in [0, 0.1) is 5.82 Å². The number of imidazole rings is 1. The lowest BCUT2D eigenvalue weighted by molar-refractivity contribution is 0.0952. The maximum Gasteiger partial charge on any atom is 0.255 e. The molecular weight excluding hydrogens is 451 g/mol. The van der Waals surface area contributed by atoms with E-state index in [2.05, 4.69) is 15.6 Å². The molecule has 180 valence electrons. The van der Waals surface area contributed by atoms with Crippen molar-refractivity contribution in [3.63, 3.8) is 0 Å². The Balaban J connectivity index is 1.43. The molecule has 35 heavy (non-hydrogen) atoms. The molecule has 3 aromatic carbocycles. The first kappa shape index (κ1) is 23.7. The van der Waals surface area contributed by atoms with Crippen LogP contribution in [0.3, 0.4) is 0 Å². The predicted molar refractivity (Wildman–Crippen MR) is 131 cm³/mol. The van der Waals surface area contributed by atoms with Gasteiger partial charge in [0.05, 0.1) is 25.3 Å². The maximum absolute atomic E-state index is 13.3. The first-order valence-electron chi connectivity index (χ1n) is 10.9. The highest BCUT2D eigenvalue weighted by atomic mass is 19.1. The van der Waals surface area contributed by atoms with Crippen LogP contribution in [0.2, 0.25) is 0 Å². The van der Waals surface area contributed by atoms with Crippen LogP contribution in [0.1, 0.15) is 26.5 Å². The average molecular weight is 477 g/mol. The molecule has 4 aromatic rings. The zero-order valence-electron chi connectivity index (χ0n) is 19.6. The van der Waals surface area contributed by atoms with Crippen molar-refractivity contribution in [2.45, 2.75) is 6.42 Å². The van der Waals surface area contributed by atoms with Crippen LogP contribution in [-0.2, 0) is 13.5 Å². The summed E-state index contributed by atoms with van der Waals surface area (Å²) in [7, 11) is 4.94. The normalized spacial score (nSPS) is 10.7. The molecule has 9 heteroatoms. The molecule has 4 rings (SSSR count). The highest BCUT2D eigenvalue weighted by Gasteiger charge is 2.14. The number of benzene rings is 3. The number of methoxy groups -OCH3 is 2. The largest absolute Gasteiger partial charge is 0.493 e. The van der Waals surface area contributed by atoms with Crippen molar-refractivity contribution in [2.24, 2.45) is 7.05 Å². The van der Waals surface area contributed by atoms with E-state index >= 15 is 0 Å². The van der Waals surface area contributed by atoms with E-state index in [1.165, 1.54) is 32.4 Å². The molecule has 0 spiro atoms. The molecule has 0 saturated heterocycles. The summed E-state index contributed by atoms with van der Waals surface area (Å²) in [5, 5.41) is 5.66. The maximum atomic E-state index is 13.3. The zero-order valence-corrected chi connectivity index (χ0v) is 19.6. The lowest BCUT2D eigenvalue weighted by Gasteiger charge is -2.10. The Hall–Kier alpha value is -4.40. The van der Waals surface area contributed by atoms with Crippen LogP contribution < -0.4 is 20.1 Å². The monoisotopic (exact) mass is 476 g/mol. The quantitative estimate of drug-likeness (QED) is 0.402. The molecule has 0 aliphatic rings. The number of anilines is 1. The number of aryl methyl sites for hydroxylation is 1. The van der Waals surface area contributed by atoms with Crippen molar-refractivity contribution in [3.05, 3.63) is 83.4 Å². The van der Waals surface area contributed by atoms with Crippen LogP contribution in [-0.4, -0.2) is 42.1 Å². The van der Waals surface area contributed by atoms with Gasteiger partial charge >= 0.3 is 0 Å². The second kappa shape index (κ2) is 10.3. The number of hydrogen-bond donors (Lipinski definition) is 2. The number of aromatic nitrogens is 2. The molecule has 0 aliphatic carbocycles. The fourth-order valence-electron chi connectivity index (χ4n) is 3.75. The summed E-state index contributed by atoms with van der Waals surface area (Å²) < 4.78 is 25.7. The second-order valence-corrected chi connectivity index (χ2v) is 7.83. The van der Waals surface area contributed by atoms with Crippen molar-refractivity contribution in [1.82, 2.24) is 14.9 Å². The number of hydrogen-bond acceptors (Lipinski definition) is 5. The van der Waals surface area contributed by atoms with Crippen molar-refractivity contribution < 1.29 is 23.5 Å². The van der Waals surface area contributed by atoms with Crippen molar-refractivity contribution in [1.29, 1.82) is 0 Å². The minimum atomic E-state index is -0.456. The Kier molecular flexibility index (Phi) is 6.96. The molecule has 1 aromatic heterocycles. The van der Waals surface area contributed by atoms with Crippen molar-refractivity contribution >= 4 is 28.5 Å². The highest BCUT2D eigenvalue weighted by Crippen LogP contribution is 2.28. The number of nitrogens with zero attached hydrogens (tertiary/aromatic N) is 2. The molecule has 0 bridgehead atoms. The molecule has 0 aliphatic heterocycles. The van der Waals surface area contributed by atoms with Crippen LogP contribution in [0.5, 0.6) is 11.5 Å². The first-order valence-corrected chi connectivity index (χ1v) is 10.9. The minimum Gasteiger partial charge on any atom is -0.493 e. The first-order chi connectivity index (χ1) is 16.9. The third-order valence-electron chi connectivity index (χ3n) is 5.60. The number of carbonyl (C=O) groups excluding carboxylic acids is 2. The van der Waals surface area contributed by atoms with Gasteiger partial charge in [-0.25, -0.2) is 9.37 Å². The van der Waals surface area contributed by atoms with E-state index < -0.39 is 5.82 Å². The van der Waals surface area contributed by atoms with Gasteiger partial charge in [-0.15, -0.1) is 0 Å². The third-order valence-corrected chi connectivity index (χ3v) is 5.60. The molecule has 8 nitrogen and oxygen atoms in total. The Morgan fingerprint density at radius 2 is 1.71 bits per heavy atom. The number of fused-ring (bicyclic) bond motifs is 1. The summed E-state index contributed by atoms with van der Waals surface area (Å²) in [5.74, 6) is 0.683. The number of amides is 2. The number of halogens is 1. The zero-order chi connectivity index (χ0) is 24.9. The Bertz CT molecular complexity index is 1400. The number of nitrogens with one attached hydrogen (secondary N) is 2. The molecular formula is C26H25FN4O4. The second-order valence-electron chi connectivity index (χ2n) is 7.83. The van der Waals surface area contributed by atoms with Gasteiger partial charge in [-0.3, -0.25) is 9.59 Å². The summed E-state index contributed by atoms with van der Waals surface area (Å²) in [6, 6.07) is 16.0. The lowest BCUT2D eigenvalue weighted by atomic mass is 10.1. The molecule has 2 amide bonds. The molecule has 1 heterocycles. The van der Waals surface area contributed by atoms with E-state index in [9.17, 15) is 14.0 Å². The number of ether oxygens (including phenoxy) is 2. The molecule has 2 N–H and O–H groups in total. The van der Waals surface area contributed by atoms with Crippen molar-refractivity contribution in [3.8, 4) is 11.5 Å². The van der Waals surface area contributed by atoms with E-state index in [-0.39, 0.29) is 17.4 Å². The molecule has 0 atom stereocenters. The third kappa shape index (κ3) is 5.24. The van der Waals surface area contributed by atoms with Crippen LogP contribution in [0.25, 0.3) is 11.0 Å². The van der Waals surface area contributed by atoms with Gasteiger partial charge in [0.2, 0.25) is 0 Å². The summed E-state index contributed by atoms with van der Waals surface area (Å²) in [6.07, 6.45) is 0.486. The Morgan fingerprint density at radius 3 is 2.46 bits per heavy atom. The highest BCUT2D eigenvalue weighted by molar-refractivity contribution is 6.05. The van der Waals surface area contributed by atoms with E-state index in [1.54, 1.807) is 36.4 Å². The van der Waals surface area contributed by atoms with Crippen LogP contribution in [0.15, 0.2) is 60.7 Å². The summed E-state index contributed by atoms with van der Waals surface area (Å²) in [6.45, 7) is 0.343. The van der Waals surface area contributed by atoms with Gasteiger partial charge in [0.25, 0.3) is 11.8 Å². The van der Waals surface area contributed by atoms with E-state index in [0.717, 1.165) is 11.3 Å². The molecule has 0 saturated carbocycles. The van der Waals surface area contributed by atoms with Gasteiger partial charge in [-0.05, 0) is 54.6 Å². The van der Waals surface area contributed by atoms with Gasteiger partial charge < -0.3 is 24.7 Å². The van der Waals surface area contributed by atoms with Gasteiger partial charge in [-0.1, -0.05) is 6.07 Å². The van der Waals surface area contributed by atoms with Gasteiger partial charge in [0.1, 0.15) is 11.6 Å². The van der Waals surface area contributed by atoms with Crippen LogP contribution >= 0.6 is 0 Å². The minimum absolute atomic E-state index is 0.268.